The van der Waals surface area contributed by atoms with Gasteiger partial charge in [-0.1, -0.05) is 84.9 Å². The summed E-state index contributed by atoms with van der Waals surface area (Å²) in [5, 5.41) is 20.3. The highest BCUT2D eigenvalue weighted by Gasteiger charge is 2.16. The lowest BCUT2D eigenvalue weighted by Crippen LogP contribution is -2.00. The maximum Gasteiger partial charge on any atom is 0.0690 e. The Bertz CT molecular complexity index is 1070. The summed E-state index contributed by atoms with van der Waals surface area (Å²) in [4.78, 5) is 0. The third-order valence-corrected chi connectivity index (χ3v) is 5.97. The lowest BCUT2D eigenvalue weighted by Gasteiger charge is -2.20. The van der Waals surface area contributed by atoms with E-state index in [-0.39, 0.29) is 13.2 Å². The summed E-state index contributed by atoms with van der Waals surface area (Å²) in [6, 6.07) is 28.8. The molecule has 2 nitrogen and oxygen atoms in total. The predicted molar refractivity (Wildman–Crippen MR) is 124 cm³/mol. The second-order valence-corrected chi connectivity index (χ2v) is 7.58. The molecule has 30 heavy (non-hydrogen) atoms. The van der Waals surface area contributed by atoms with Gasteiger partial charge in [-0.25, -0.2) is 0 Å². The maximum atomic E-state index is 10.2. The molecule has 0 aliphatic rings. The molecule has 0 amide bonds. The third kappa shape index (κ3) is 3.56. The van der Waals surface area contributed by atoms with Gasteiger partial charge >= 0.3 is 0 Å². The van der Waals surface area contributed by atoms with Crippen molar-refractivity contribution in [2.45, 2.75) is 27.1 Å². The molecule has 0 spiro atoms. The summed E-state index contributed by atoms with van der Waals surface area (Å²) in [6.07, 6.45) is 0. The molecular weight excluding hydrogens is 368 g/mol. The fourth-order valence-corrected chi connectivity index (χ4v) is 4.28. The highest BCUT2D eigenvalue weighted by atomic mass is 16.3. The molecule has 0 fully saturated rings. The average molecular weight is 395 g/mol. The van der Waals surface area contributed by atoms with Crippen LogP contribution in [0.15, 0.2) is 84.9 Å². The largest absolute Gasteiger partial charge is 0.392 e. The highest BCUT2D eigenvalue weighted by molar-refractivity contribution is 5.82. The van der Waals surface area contributed by atoms with E-state index in [9.17, 15) is 10.2 Å². The zero-order valence-corrected chi connectivity index (χ0v) is 17.4. The Labute approximate surface area is 178 Å². The second-order valence-electron chi connectivity index (χ2n) is 7.58. The summed E-state index contributed by atoms with van der Waals surface area (Å²) in [5.41, 5.74) is 10.5. The fraction of sp³-hybridized carbons (Fsp3) is 0.143. The second kappa shape index (κ2) is 8.66. The lowest BCUT2D eigenvalue weighted by molar-refractivity contribution is 0.281. The van der Waals surface area contributed by atoms with E-state index in [1.165, 1.54) is 0 Å². The van der Waals surface area contributed by atoms with Gasteiger partial charge in [-0.3, -0.25) is 0 Å². The molecule has 150 valence electrons. The molecule has 0 aromatic heterocycles. The van der Waals surface area contributed by atoms with Gasteiger partial charge in [0.2, 0.25) is 0 Å². The van der Waals surface area contributed by atoms with E-state index in [0.717, 1.165) is 55.6 Å². The Morgan fingerprint density at radius 2 is 0.800 bits per heavy atom. The van der Waals surface area contributed by atoms with Gasteiger partial charge in [0.05, 0.1) is 13.2 Å². The molecule has 0 saturated carbocycles. The van der Waals surface area contributed by atoms with Gasteiger partial charge in [0.15, 0.2) is 0 Å². The summed E-state index contributed by atoms with van der Waals surface area (Å²) in [6.45, 7) is 4.10. The Balaban J connectivity index is 1.87. The minimum absolute atomic E-state index is 0.0160. The molecule has 2 N–H and O–H groups in total. The molecule has 0 aliphatic carbocycles. The van der Waals surface area contributed by atoms with Crippen LogP contribution >= 0.6 is 0 Å². The first-order valence-electron chi connectivity index (χ1n) is 10.2. The van der Waals surface area contributed by atoms with Crippen molar-refractivity contribution < 1.29 is 10.2 Å². The number of aliphatic hydroxyl groups excluding tert-OH is 2. The molecule has 0 unspecified atom stereocenters. The standard InChI is InChI=1S/C28H26O2/c1-19-23(13-15-25(27(19)17-29)21-9-5-3-6-10-21)24-14-16-26(28(18-30)20(24)2)22-11-7-4-8-12-22/h3-16,29-30H,17-18H2,1-2H3. The predicted octanol–water partition coefficient (Wildman–Crippen LogP) is 6.29. The van der Waals surface area contributed by atoms with E-state index in [1.54, 1.807) is 0 Å². The Kier molecular flexibility index (Phi) is 5.80. The Morgan fingerprint density at radius 3 is 1.13 bits per heavy atom. The van der Waals surface area contributed by atoms with Crippen LogP contribution in [0.3, 0.4) is 0 Å². The number of hydrogen-bond donors (Lipinski definition) is 2. The fourth-order valence-electron chi connectivity index (χ4n) is 4.28. The van der Waals surface area contributed by atoms with E-state index < -0.39 is 0 Å². The molecule has 4 aromatic carbocycles. The van der Waals surface area contributed by atoms with Crippen LogP contribution in [-0.4, -0.2) is 10.2 Å². The minimum Gasteiger partial charge on any atom is -0.392 e. The third-order valence-electron chi connectivity index (χ3n) is 5.97. The van der Waals surface area contributed by atoms with Gasteiger partial charge in [0.1, 0.15) is 0 Å². The average Bonchev–Trinajstić information content (AvgIpc) is 2.80. The number of hydrogen-bond acceptors (Lipinski definition) is 2. The van der Waals surface area contributed by atoms with Gasteiger partial charge in [-0.15, -0.1) is 0 Å². The van der Waals surface area contributed by atoms with E-state index in [0.29, 0.717) is 0 Å². The van der Waals surface area contributed by atoms with Gasteiger partial charge in [0.25, 0.3) is 0 Å². The van der Waals surface area contributed by atoms with Crippen LogP contribution < -0.4 is 0 Å². The van der Waals surface area contributed by atoms with Crippen molar-refractivity contribution in [2.24, 2.45) is 0 Å². The number of aliphatic hydroxyl groups is 2. The van der Waals surface area contributed by atoms with Crippen LogP contribution in [-0.2, 0) is 13.2 Å². The molecule has 0 aliphatic heterocycles. The van der Waals surface area contributed by atoms with Crippen molar-refractivity contribution >= 4 is 0 Å². The molecular formula is C28H26O2. The first-order chi connectivity index (χ1) is 14.7. The van der Waals surface area contributed by atoms with Crippen molar-refractivity contribution in [3.05, 3.63) is 107 Å². The zero-order valence-electron chi connectivity index (χ0n) is 17.4. The number of rotatable bonds is 5. The summed E-state index contributed by atoms with van der Waals surface area (Å²) in [7, 11) is 0. The van der Waals surface area contributed by atoms with E-state index in [1.807, 2.05) is 36.4 Å². The van der Waals surface area contributed by atoms with Crippen molar-refractivity contribution in [2.75, 3.05) is 0 Å². The van der Waals surface area contributed by atoms with Crippen LogP contribution in [0.2, 0.25) is 0 Å². The summed E-state index contributed by atoms with van der Waals surface area (Å²) < 4.78 is 0. The first-order valence-corrected chi connectivity index (χ1v) is 10.2. The van der Waals surface area contributed by atoms with Crippen molar-refractivity contribution in [1.82, 2.24) is 0 Å². The SMILES string of the molecule is Cc1c(-c2ccc(-c3ccccc3)c(CO)c2C)ccc(-c2ccccc2)c1CO. The smallest absolute Gasteiger partial charge is 0.0690 e. The first kappa shape index (κ1) is 20.1. The van der Waals surface area contributed by atoms with Gasteiger partial charge in [-0.05, 0) is 69.5 Å². The molecule has 0 bridgehead atoms. The molecule has 4 aromatic rings. The van der Waals surface area contributed by atoms with E-state index in [4.69, 9.17) is 0 Å². The van der Waals surface area contributed by atoms with Crippen molar-refractivity contribution in [1.29, 1.82) is 0 Å². The minimum atomic E-state index is -0.0160. The molecule has 4 rings (SSSR count). The van der Waals surface area contributed by atoms with Crippen LogP contribution in [0.25, 0.3) is 33.4 Å². The molecule has 0 saturated heterocycles. The van der Waals surface area contributed by atoms with Gasteiger partial charge < -0.3 is 10.2 Å². The quantitative estimate of drug-likeness (QED) is 0.418. The maximum absolute atomic E-state index is 10.2. The topological polar surface area (TPSA) is 40.5 Å². The monoisotopic (exact) mass is 394 g/mol. The van der Waals surface area contributed by atoms with Gasteiger partial charge in [0, 0.05) is 0 Å². The normalized spacial score (nSPS) is 10.9. The van der Waals surface area contributed by atoms with Crippen molar-refractivity contribution in [3.8, 4) is 33.4 Å². The molecule has 0 heterocycles. The molecule has 0 radical (unpaired) electrons. The molecule has 0 atom stereocenters. The highest BCUT2D eigenvalue weighted by Crippen LogP contribution is 2.38. The lowest BCUT2D eigenvalue weighted by atomic mass is 9.86. The van der Waals surface area contributed by atoms with Crippen LogP contribution in [0.4, 0.5) is 0 Å². The summed E-state index contributed by atoms with van der Waals surface area (Å²) >= 11 is 0. The van der Waals surface area contributed by atoms with Crippen LogP contribution in [0.1, 0.15) is 22.3 Å². The van der Waals surface area contributed by atoms with E-state index in [2.05, 4.69) is 62.4 Å². The Morgan fingerprint density at radius 1 is 0.467 bits per heavy atom. The van der Waals surface area contributed by atoms with E-state index >= 15 is 0 Å². The van der Waals surface area contributed by atoms with Crippen LogP contribution in [0, 0.1) is 13.8 Å². The Hall–Kier alpha value is -3.20. The molecule has 2 heteroatoms. The zero-order chi connectivity index (χ0) is 21.1. The van der Waals surface area contributed by atoms with Crippen LogP contribution in [0.5, 0.6) is 0 Å². The number of benzene rings is 4. The van der Waals surface area contributed by atoms with Gasteiger partial charge in [-0.2, -0.15) is 0 Å². The van der Waals surface area contributed by atoms with Crippen molar-refractivity contribution in [3.63, 3.8) is 0 Å². The summed E-state index contributed by atoms with van der Waals surface area (Å²) in [5.74, 6) is 0.